The number of fused-ring (bicyclic) bond motifs is 1. The van der Waals surface area contributed by atoms with Crippen LogP contribution in [0.15, 0.2) is 73.3 Å². The number of aromatic nitrogens is 3. The number of imidazole rings is 1. The Morgan fingerprint density at radius 2 is 1.85 bits per heavy atom. The van der Waals surface area contributed by atoms with Gasteiger partial charge in [-0.05, 0) is 66.5 Å². The molecule has 0 fully saturated rings. The standard InChI is InChI=1S/C32H43N5O3Si/c1-32(2,3)41(4,5)40-22-27(37-21-28(31(33)39)34-23-37)17-19-36-18-16-25-14-15-26(20-29(25)36)35-30(38)13-9-12-24-10-7-6-8-11-24/h6-8,10-11,14-16,18,20-21,23,27H,9,12-13,17,19,22H2,1-5H3,(H2,33,39)(H,35,38). The molecule has 0 saturated carbocycles. The summed E-state index contributed by atoms with van der Waals surface area (Å²) < 4.78 is 10.7. The van der Waals surface area contributed by atoms with Crippen molar-refractivity contribution >= 4 is 36.7 Å². The Morgan fingerprint density at radius 1 is 1.10 bits per heavy atom. The van der Waals surface area contributed by atoms with Gasteiger partial charge in [-0.25, -0.2) is 4.98 Å². The summed E-state index contributed by atoms with van der Waals surface area (Å²) in [5, 5.41) is 4.27. The molecule has 0 radical (unpaired) electrons. The van der Waals surface area contributed by atoms with Gasteiger partial charge in [0.2, 0.25) is 5.91 Å². The predicted octanol–water partition coefficient (Wildman–Crippen LogP) is 6.55. The summed E-state index contributed by atoms with van der Waals surface area (Å²) in [4.78, 5) is 28.5. The van der Waals surface area contributed by atoms with Crippen LogP contribution < -0.4 is 11.1 Å². The smallest absolute Gasteiger partial charge is 0.268 e. The van der Waals surface area contributed by atoms with Crippen LogP contribution in [0.25, 0.3) is 10.9 Å². The van der Waals surface area contributed by atoms with Gasteiger partial charge in [0.05, 0.1) is 24.5 Å². The number of hydrogen-bond acceptors (Lipinski definition) is 4. The van der Waals surface area contributed by atoms with Crippen LogP contribution in [0.4, 0.5) is 5.69 Å². The van der Waals surface area contributed by atoms with Crippen LogP contribution in [-0.2, 0) is 22.2 Å². The van der Waals surface area contributed by atoms with E-state index in [-0.39, 0.29) is 22.7 Å². The van der Waals surface area contributed by atoms with Crippen LogP contribution >= 0.6 is 0 Å². The summed E-state index contributed by atoms with van der Waals surface area (Å²) in [6.45, 7) is 12.4. The summed E-state index contributed by atoms with van der Waals surface area (Å²) in [7, 11) is -1.98. The number of nitrogens with zero attached hydrogens (tertiary/aromatic N) is 3. The Morgan fingerprint density at radius 3 is 2.54 bits per heavy atom. The van der Waals surface area contributed by atoms with Gasteiger partial charge in [0.25, 0.3) is 5.91 Å². The molecule has 4 rings (SSSR count). The molecule has 8 nitrogen and oxygen atoms in total. The number of aryl methyl sites for hydroxylation is 2. The molecule has 3 N–H and O–H groups in total. The summed E-state index contributed by atoms with van der Waals surface area (Å²) in [6.07, 6.45) is 8.38. The average Bonchev–Trinajstić information content (AvgIpc) is 3.56. The quantitative estimate of drug-likeness (QED) is 0.177. The SMILES string of the molecule is CC(C)(C)[Si](C)(C)OCC(CCn1ccc2ccc(NC(=O)CCCc3ccccc3)cc21)n1cnc(C(N)=O)c1. The van der Waals surface area contributed by atoms with E-state index >= 15 is 0 Å². The average molecular weight is 574 g/mol. The maximum Gasteiger partial charge on any atom is 0.268 e. The number of nitrogens with two attached hydrogens (primary N) is 1. The fourth-order valence-corrected chi connectivity index (χ4v) is 5.61. The monoisotopic (exact) mass is 573 g/mol. The lowest BCUT2D eigenvalue weighted by Gasteiger charge is -2.37. The first-order chi connectivity index (χ1) is 19.4. The van der Waals surface area contributed by atoms with Crippen LogP contribution in [0.1, 0.15) is 62.1 Å². The van der Waals surface area contributed by atoms with Crippen LogP contribution in [0.3, 0.4) is 0 Å². The van der Waals surface area contributed by atoms with Gasteiger partial charge >= 0.3 is 0 Å². The second kappa shape index (κ2) is 12.9. The van der Waals surface area contributed by atoms with Crippen molar-refractivity contribution in [1.82, 2.24) is 14.1 Å². The summed E-state index contributed by atoms with van der Waals surface area (Å²) in [5.41, 5.74) is 8.81. The molecule has 0 spiro atoms. The maximum absolute atomic E-state index is 12.6. The van der Waals surface area contributed by atoms with Gasteiger partial charge in [-0.2, -0.15) is 0 Å². The number of amides is 2. The van der Waals surface area contributed by atoms with Crippen molar-refractivity contribution in [3.63, 3.8) is 0 Å². The molecule has 0 aliphatic carbocycles. The number of benzene rings is 2. The van der Waals surface area contributed by atoms with Crippen molar-refractivity contribution in [3.05, 3.63) is 84.6 Å². The molecule has 0 bridgehead atoms. The fraction of sp³-hybridized carbons (Fsp3) is 0.406. The lowest BCUT2D eigenvalue weighted by molar-refractivity contribution is -0.116. The molecule has 2 heterocycles. The van der Waals surface area contributed by atoms with E-state index in [9.17, 15) is 9.59 Å². The van der Waals surface area contributed by atoms with E-state index in [2.05, 4.69) is 73.1 Å². The normalized spacial score (nSPS) is 12.9. The number of primary amides is 1. The molecule has 1 atom stereocenters. The van der Waals surface area contributed by atoms with Crippen LogP contribution in [0, 0.1) is 0 Å². The molecular formula is C32H43N5O3Si. The highest BCUT2D eigenvalue weighted by molar-refractivity contribution is 6.74. The zero-order valence-corrected chi connectivity index (χ0v) is 25.9. The number of carbonyl (C=O) groups excluding carboxylic acids is 2. The maximum atomic E-state index is 12.6. The van der Waals surface area contributed by atoms with E-state index in [1.54, 1.807) is 12.5 Å². The molecule has 2 aromatic carbocycles. The molecule has 0 saturated heterocycles. The molecule has 41 heavy (non-hydrogen) atoms. The van der Waals surface area contributed by atoms with Crippen LogP contribution in [-0.4, -0.2) is 40.9 Å². The third-order valence-corrected chi connectivity index (χ3v) is 12.7. The molecule has 218 valence electrons. The van der Waals surface area contributed by atoms with Gasteiger partial charge in [-0.3, -0.25) is 9.59 Å². The highest BCUT2D eigenvalue weighted by atomic mass is 28.4. The fourth-order valence-electron chi connectivity index (χ4n) is 4.57. The Hall–Kier alpha value is -3.69. The van der Waals surface area contributed by atoms with Crippen molar-refractivity contribution in [1.29, 1.82) is 0 Å². The van der Waals surface area contributed by atoms with Gasteiger partial charge in [0.1, 0.15) is 5.69 Å². The van der Waals surface area contributed by atoms with E-state index in [0.717, 1.165) is 42.4 Å². The Labute approximate surface area is 244 Å². The summed E-state index contributed by atoms with van der Waals surface area (Å²) in [6, 6.07) is 18.3. The van der Waals surface area contributed by atoms with Gasteiger partial charge in [0.15, 0.2) is 8.32 Å². The van der Waals surface area contributed by atoms with Gasteiger partial charge in [-0.15, -0.1) is 0 Å². The first kappa shape index (κ1) is 30.3. The Balaban J connectivity index is 1.43. The minimum absolute atomic E-state index is 0.0188. The predicted molar refractivity (Wildman–Crippen MR) is 167 cm³/mol. The first-order valence-corrected chi connectivity index (χ1v) is 17.2. The molecule has 2 amide bonds. The number of anilines is 1. The Bertz CT molecular complexity index is 1470. The van der Waals surface area contributed by atoms with E-state index in [1.165, 1.54) is 5.56 Å². The van der Waals surface area contributed by atoms with Gasteiger partial charge in [0, 0.05) is 31.0 Å². The van der Waals surface area contributed by atoms with Gasteiger partial charge < -0.3 is 24.6 Å². The molecule has 1 unspecified atom stereocenters. The van der Waals surface area contributed by atoms with E-state index < -0.39 is 14.2 Å². The Kier molecular flexibility index (Phi) is 9.50. The van der Waals surface area contributed by atoms with Crippen LogP contribution in [0.2, 0.25) is 18.1 Å². The molecule has 0 aliphatic rings. The minimum atomic E-state index is -1.98. The molecular weight excluding hydrogens is 530 g/mol. The topological polar surface area (TPSA) is 104 Å². The third-order valence-electron chi connectivity index (χ3n) is 8.19. The number of nitrogens with one attached hydrogen (secondary N) is 1. The molecule has 2 aromatic heterocycles. The van der Waals surface area contributed by atoms with Gasteiger partial charge in [-0.1, -0.05) is 57.2 Å². The second-order valence-electron chi connectivity index (χ2n) is 12.3. The van der Waals surface area contributed by atoms with Crippen LogP contribution in [0.5, 0.6) is 0 Å². The summed E-state index contributed by atoms with van der Waals surface area (Å²) in [5.74, 6) is -0.523. The zero-order chi connectivity index (χ0) is 29.6. The molecule has 4 aromatic rings. The summed E-state index contributed by atoms with van der Waals surface area (Å²) >= 11 is 0. The highest BCUT2D eigenvalue weighted by Crippen LogP contribution is 2.37. The van der Waals surface area contributed by atoms with Crippen molar-refractivity contribution in [2.24, 2.45) is 5.73 Å². The lowest BCUT2D eigenvalue weighted by atomic mass is 10.1. The number of carbonyl (C=O) groups is 2. The third kappa shape index (κ3) is 7.95. The first-order valence-electron chi connectivity index (χ1n) is 14.3. The van der Waals surface area contributed by atoms with Crippen molar-refractivity contribution in [2.45, 2.75) is 77.2 Å². The lowest BCUT2D eigenvalue weighted by Crippen LogP contribution is -2.42. The number of rotatable bonds is 13. The van der Waals surface area contributed by atoms with Crippen molar-refractivity contribution in [2.75, 3.05) is 11.9 Å². The van der Waals surface area contributed by atoms with E-state index in [1.807, 2.05) is 41.0 Å². The van der Waals surface area contributed by atoms with Crippen molar-refractivity contribution in [3.8, 4) is 0 Å². The van der Waals surface area contributed by atoms with Crippen molar-refractivity contribution < 1.29 is 14.0 Å². The number of hydrogen-bond donors (Lipinski definition) is 2. The van der Waals surface area contributed by atoms with E-state index in [0.29, 0.717) is 13.0 Å². The second-order valence-corrected chi connectivity index (χ2v) is 17.1. The minimum Gasteiger partial charge on any atom is -0.415 e. The highest BCUT2D eigenvalue weighted by Gasteiger charge is 2.37. The zero-order valence-electron chi connectivity index (χ0n) is 24.9. The molecule has 9 heteroatoms. The van der Waals surface area contributed by atoms with E-state index in [4.69, 9.17) is 10.2 Å². The largest absolute Gasteiger partial charge is 0.415 e. The molecule has 0 aliphatic heterocycles.